The fraction of sp³-hybridized carbons (Fsp3) is 0.692. The van der Waals surface area contributed by atoms with Crippen LogP contribution in [0.1, 0.15) is 25.5 Å². The van der Waals surface area contributed by atoms with Crippen LogP contribution in [0.4, 0.5) is 0 Å². The number of aromatic nitrogens is 1. The van der Waals surface area contributed by atoms with Crippen LogP contribution >= 0.6 is 0 Å². The Morgan fingerprint density at radius 1 is 1.45 bits per heavy atom. The average molecular weight is 301 g/mol. The second kappa shape index (κ2) is 6.71. The minimum absolute atomic E-state index is 0.0773. The van der Waals surface area contributed by atoms with E-state index in [1.54, 1.807) is 6.07 Å². The van der Waals surface area contributed by atoms with E-state index in [4.69, 9.17) is 4.74 Å². The Labute approximate surface area is 120 Å². The van der Waals surface area contributed by atoms with Crippen LogP contribution in [0, 0.1) is 5.92 Å². The van der Waals surface area contributed by atoms with Gasteiger partial charge in [-0.25, -0.2) is 13.1 Å². The first-order valence-electron chi connectivity index (χ1n) is 6.95. The second-order valence-electron chi connectivity index (χ2n) is 5.25. The number of H-pyrrole nitrogens is 1. The van der Waals surface area contributed by atoms with Crippen molar-refractivity contribution in [2.24, 2.45) is 5.92 Å². The second-order valence-corrected chi connectivity index (χ2v) is 6.96. The van der Waals surface area contributed by atoms with Crippen LogP contribution in [0.5, 0.6) is 0 Å². The number of ether oxygens (including phenoxy) is 1. The highest BCUT2D eigenvalue weighted by atomic mass is 32.2. The largest absolute Gasteiger partial charge is 0.381 e. The van der Waals surface area contributed by atoms with Gasteiger partial charge in [0.2, 0.25) is 10.0 Å². The van der Waals surface area contributed by atoms with Crippen molar-refractivity contribution < 1.29 is 13.2 Å². The molecule has 7 heteroatoms. The van der Waals surface area contributed by atoms with E-state index < -0.39 is 10.0 Å². The monoisotopic (exact) mass is 301 g/mol. The maximum absolute atomic E-state index is 12.3. The molecule has 114 valence electrons. The molecule has 0 aliphatic carbocycles. The Balaban J connectivity index is 2.01. The molecular formula is C13H23N3O3S. The van der Waals surface area contributed by atoms with Gasteiger partial charge in [-0.1, -0.05) is 0 Å². The van der Waals surface area contributed by atoms with Crippen molar-refractivity contribution in [3.05, 3.63) is 18.0 Å². The zero-order valence-electron chi connectivity index (χ0n) is 12.0. The van der Waals surface area contributed by atoms with Gasteiger partial charge in [-0.2, -0.15) is 0 Å². The van der Waals surface area contributed by atoms with Crippen molar-refractivity contribution in [1.29, 1.82) is 0 Å². The van der Waals surface area contributed by atoms with Crippen LogP contribution in [0.2, 0.25) is 0 Å². The Kier molecular flexibility index (Phi) is 5.20. The van der Waals surface area contributed by atoms with Crippen LogP contribution in [-0.2, 0) is 21.3 Å². The highest BCUT2D eigenvalue weighted by molar-refractivity contribution is 7.89. The summed E-state index contributed by atoms with van der Waals surface area (Å²) in [5, 5.41) is 2.98. The number of sulfonamides is 1. The summed E-state index contributed by atoms with van der Waals surface area (Å²) in [5.74, 6) is 0.342. The average Bonchev–Trinajstić information content (AvgIpc) is 2.89. The van der Waals surface area contributed by atoms with Gasteiger partial charge in [-0.05, 0) is 38.8 Å². The van der Waals surface area contributed by atoms with Crippen LogP contribution in [0.25, 0.3) is 0 Å². The van der Waals surface area contributed by atoms with Gasteiger partial charge in [0.15, 0.2) is 0 Å². The molecule has 20 heavy (non-hydrogen) atoms. The van der Waals surface area contributed by atoms with Gasteiger partial charge in [0, 0.05) is 37.7 Å². The molecule has 0 bridgehead atoms. The first kappa shape index (κ1) is 15.5. The standard InChI is InChI=1S/C13H23N3O3S/c1-10(11-3-5-19-6-4-11)16-20(17,18)13-7-12(8-14-2)15-9-13/h7,9-11,14-16H,3-6,8H2,1-2H3. The summed E-state index contributed by atoms with van der Waals surface area (Å²) in [6, 6.07) is 1.58. The molecule has 3 N–H and O–H groups in total. The van der Waals surface area contributed by atoms with E-state index in [1.165, 1.54) is 6.20 Å². The zero-order valence-corrected chi connectivity index (χ0v) is 12.8. The Bertz CT molecular complexity index is 521. The maximum atomic E-state index is 12.3. The summed E-state index contributed by atoms with van der Waals surface area (Å²) >= 11 is 0. The molecule has 1 aliphatic rings. The number of hydrogen-bond acceptors (Lipinski definition) is 4. The van der Waals surface area contributed by atoms with Crippen molar-refractivity contribution in [1.82, 2.24) is 15.0 Å². The first-order valence-corrected chi connectivity index (χ1v) is 8.43. The number of nitrogens with one attached hydrogen (secondary N) is 3. The van der Waals surface area contributed by atoms with Crippen LogP contribution in [0.15, 0.2) is 17.2 Å². The number of hydrogen-bond donors (Lipinski definition) is 3. The van der Waals surface area contributed by atoms with Crippen molar-refractivity contribution in [2.45, 2.75) is 37.2 Å². The third kappa shape index (κ3) is 3.82. The molecule has 0 radical (unpaired) electrons. The normalized spacial score (nSPS) is 19.1. The molecule has 1 saturated heterocycles. The summed E-state index contributed by atoms with van der Waals surface area (Å²) in [6.45, 7) is 3.97. The molecule has 1 fully saturated rings. The molecule has 0 spiro atoms. The molecule has 1 unspecified atom stereocenters. The predicted octanol–water partition coefficient (Wildman–Crippen LogP) is 0.828. The number of aromatic amines is 1. The lowest BCUT2D eigenvalue weighted by atomic mass is 9.94. The third-order valence-corrected chi connectivity index (χ3v) is 5.25. The summed E-state index contributed by atoms with van der Waals surface area (Å²) < 4.78 is 32.7. The first-order chi connectivity index (χ1) is 9.53. The summed E-state index contributed by atoms with van der Waals surface area (Å²) in [6.07, 6.45) is 3.34. The van der Waals surface area contributed by atoms with E-state index in [0.717, 1.165) is 18.5 Å². The Morgan fingerprint density at radius 3 is 2.80 bits per heavy atom. The predicted molar refractivity (Wildman–Crippen MR) is 76.9 cm³/mol. The molecule has 1 atom stereocenters. The molecule has 1 aliphatic heterocycles. The molecule has 1 aromatic heterocycles. The molecule has 0 amide bonds. The van der Waals surface area contributed by atoms with Gasteiger partial charge in [-0.15, -0.1) is 0 Å². The van der Waals surface area contributed by atoms with Gasteiger partial charge in [-0.3, -0.25) is 0 Å². The lowest BCUT2D eigenvalue weighted by molar-refractivity contribution is 0.0585. The van der Waals surface area contributed by atoms with Crippen LogP contribution in [0.3, 0.4) is 0 Å². The molecule has 1 aromatic rings. The van der Waals surface area contributed by atoms with Crippen molar-refractivity contribution in [2.75, 3.05) is 20.3 Å². The fourth-order valence-electron chi connectivity index (χ4n) is 2.49. The van der Waals surface area contributed by atoms with Gasteiger partial charge < -0.3 is 15.0 Å². The maximum Gasteiger partial charge on any atom is 0.242 e. The highest BCUT2D eigenvalue weighted by Gasteiger charge is 2.25. The van der Waals surface area contributed by atoms with Crippen LogP contribution < -0.4 is 10.0 Å². The van der Waals surface area contributed by atoms with Crippen LogP contribution in [-0.4, -0.2) is 39.7 Å². The molecule has 2 rings (SSSR count). The molecule has 0 aromatic carbocycles. The van der Waals surface area contributed by atoms with E-state index >= 15 is 0 Å². The number of rotatable bonds is 6. The molecular weight excluding hydrogens is 278 g/mol. The fourth-order valence-corrected chi connectivity index (χ4v) is 3.82. The van der Waals surface area contributed by atoms with Crippen molar-refractivity contribution in [3.63, 3.8) is 0 Å². The quantitative estimate of drug-likeness (QED) is 0.727. The molecule has 6 nitrogen and oxygen atoms in total. The zero-order chi connectivity index (χ0) is 14.6. The van der Waals surface area contributed by atoms with E-state index in [1.807, 2.05) is 14.0 Å². The van der Waals surface area contributed by atoms with E-state index in [0.29, 0.717) is 30.6 Å². The minimum atomic E-state index is -3.46. The van der Waals surface area contributed by atoms with E-state index in [2.05, 4.69) is 15.0 Å². The SMILES string of the molecule is CNCc1cc(S(=O)(=O)NC(C)C2CCOCC2)c[nH]1. The summed E-state index contributed by atoms with van der Waals surface area (Å²) in [4.78, 5) is 3.26. The van der Waals surface area contributed by atoms with Crippen molar-refractivity contribution in [3.8, 4) is 0 Å². The van der Waals surface area contributed by atoms with Crippen molar-refractivity contribution >= 4 is 10.0 Å². The smallest absolute Gasteiger partial charge is 0.242 e. The topological polar surface area (TPSA) is 83.2 Å². The van der Waals surface area contributed by atoms with Gasteiger partial charge >= 0.3 is 0 Å². The van der Waals surface area contributed by atoms with E-state index in [-0.39, 0.29) is 6.04 Å². The lowest BCUT2D eigenvalue weighted by Gasteiger charge is -2.28. The minimum Gasteiger partial charge on any atom is -0.381 e. The Morgan fingerprint density at radius 2 is 2.15 bits per heavy atom. The van der Waals surface area contributed by atoms with Gasteiger partial charge in [0.05, 0.1) is 4.90 Å². The van der Waals surface area contributed by atoms with Gasteiger partial charge in [0.1, 0.15) is 0 Å². The third-order valence-electron chi connectivity index (χ3n) is 3.71. The van der Waals surface area contributed by atoms with E-state index in [9.17, 15) is 8.42 Å². The molecule has 2 heterocycles. The highest BCUT2D eigenvalue weighted by Crippen LogP contribution is 2.20. The lowest BCUT2D eigenvalue weighted by Crippen LogP contribution is -2.40. The molecule has 0 saturated carbocycles. The summed E-state index contributed by atoms with van der Waals surface area (Å²) in [7, 11) is -1.64. The summed E-state index contributed by atoms with van der Waals surface area (Å²) in [5.41, 5.74) is 0.853. The van der Waals surface area contributed by atoms with Gasteiger partial charge in [0.25, 0.3) is 0 Å². The Hall–Kier alpha value is -0.890.